The van der Waals surface area contributed by atoms with Crippen LogP contribution in [0.1, 0.15) is 31.3 Å². The standard InChI is InChI=1S/C15H19ClN2O2/c1-4-20-15(19)11(3)18-13-6-5-10(2)9-12(13)17-14(18)7-8-16/h5-6,9,11H,4,7-8H2,1-3H3. The van der Waals surface area contributed by atoms with E-state index in [4.69, 9.17) is 16.3 Å². The van der Waals surface area contributed by atoms with Crippen molar-refractivity contribution in [1.29, 1.82) is 0 Å². The molecule has 4 nitrogen and oxygen atoms in total. The van der Waals surface area contributed by atoms with Crippen LogP contribution in [0.5, 0.6) is 0 Å². The van der Waals surface area contributed by atoms with Crippen molar-refractivity contribution in [2.24, 2.45) is 0 Å². The Hall–Kier alpha value is -1.55. The lowest BCUT2D eigenvalue weighted by Gasteiger charge is -2.16. The van der Waals surface area contributed by atoms with Crippen molar-refractivity contribution in [3.8, 4) is 0 Å². The smallest absolute Gasteiger partial charge is 0.328 e. The van der Waals surface area contributed by atoms with Gasteiger partial charge in [0.05, 0.1) is 17.6 Å². The Kier molecular flexibility index (Phi) is 4.65. The number of carbonyl (C=O) groups is 1. The van der Waals surface area contributed by atoms with Crippen LogP contribution in [0, 0.1) is 6.92 Å². The molecule has 2 aromatic rings. The van der Waals surface area contributed by atoms with Gasteiger partial charge in [0.2, 0.25) is 0 Å². The number of alkyl halides is 1. The predicted octanol–water partition coefficient (Wildman–Crippen LogP) is 3.25. The fourth-order valence-electron chi connectivity index (χ4n) is 2.32. The summed E-state index contributed by atoms with van der Waals surface area (Å²) in [5.41, 5.74) is 2.97. The van der Waals surface area contributed by atoms with E-state index in [-0.39, 0.29) is 5.97 Å². The number of ether oxygens (including phenoxy) is 1. The fourth-order valence-corrected chi connectivity index (χ4v) is 2.49. The molecule has 0 aliphatic rings. The Morgan fingerprint density at radius 1 is 1.50 bits per heavy atom. The largest absolute Gasteiger partial charge is 0.464 e. The zero-order valence-corrected chi connectivity index (χ0v) is 12.8. The second kappa shape index (κ2) is 6.27. The molecule has 5 heteroatoms. The maximum atomic E-state index is 12.0. The molecule has 1 atom stereocenters. The van der Waals surface area contributed by atoms with E-state index in [1.165, 1.54) is 0 Å². The molecule has 0 fully saturated rings. The number of aromatic nitrogens is 2. The Morgan fingerprint density at radius 2 is 2.25 bits per heavy atom. The minimum absolute atomic E-state index is 0.247. The third-order valence-electron chi connectivity index (χ3n) is 3.25. The van der Waals surface area contributed by atoms with E-state index in [0.29, 0.717) is 18.9 Å². The molecule has 20 heavy (non-hydrogen) atoms. The Bertz CT molecular complexity index is 622. The van der Waals surface area contributed by atoms with Crippen molar-refractivity contribution in [3.63, 3.8) is 0 Å². The van der Waals surface area contributed by atoms with Crippen LogP contribution in [-0.2, 0) is 16.0 Å². The van der Waals surface area contributed by atoms with Crippen LogP contribution in [0.15, 0.2) is 18.2 Å². The molecule has 0 aliphatic carbocycles. The molecule has 0 N–H and O–H groups in total. The van der Waals surface area contributed by atoms with Gasteiger partial charge in [0.15, 0.2) is 0 Å². The highest BCUT2D eigenvalue weighted by Crippen LogP contribution is 2.23. The maximum absolute atomic E-state index is 12.0. The van der Waals surface area contributed by atoms with E-state index in [9.17, 15) is 4.79 Å². The van der Waals surface area contributed by atoms with Crippen molar-refractivity contribution >= 4 is 28.6 Å². The van der Waals surface area contributed by atoms with Crippen molar-refractivity contribution in [2.45, 2.75) is 33.2 Å². The van der Waals surface area contributed by atoms with Crippen LogP contribution in [0.2, 0.25) is 0 Å². The Balaban J connectivity index is 2.53. The quantitative estimate of drug-likeness (QED) is 0.628. The van der Waals surface area contributed by atoms with E-state index in [0.717, 1.165) is 22.4 Å². The van der Waals surface area contributed by atoms with Gasteiger partial charge in [0.1, 0.15) is 11.9 Å². The summed E-state index contributed by atoms with van der Waals surface area (Å²) in [4.78, 5) is 16.6. The lowest BCUT2D eigenvalue weighted by molar-refractivity contribution is -0.146. The monoisotopic (exact) mass is 294 g/mol. The molecule has 0 saturated carbocycles. The SMILES string of the molecule is CCOC(=O)C(C)n1c(CCCl)nc2cc(C)ccc21. The third kappa shape index (κ3) is 2.80. The Labute approximate surface area is 123 Å². The van der Waals surface area contributed by atoms with Gasteiger partial charge in [0, 0.05) is 12.3 Å². The average Bonchev–Trinajstić information content (AvgIpc) is 2.75. The molecule has 1 heterocycles. The molecule has 1 unspecified atom stereocenters. The number of imidazole rings is 1. The summed E-state index contributed by atoms with van der Waals surface area (Å²) in [6.07, 6.45) is 0.624. The van der Waals surface area contributed by atoms with Gasteiger partial charge in [-0.2, -0.15) is 0 Å². The molecule has 1 aromatic heterocycles. The van der Waals surface area contributed by atoms with E-state index >= 15 is 0 Å². The van der Waals surface area contributed by atoms with Gasteiger partial charge in [-0.3, -0.25) is 0 Å². The minimum Gasteiger partial charge on any atom is -0.464 e. The number of halogens is 1. The van der Waals surface area contributed by atoms with Crippen LogP contribution in [0.3, 0.4) is 0 Å². The van der Waals surface area contributed by atoms with Gasteiger partial charge >= 0.3 is 5.97 Å². The Morgan fingerprint density at radius 3 is 2.90 bits per heavy atom. The third-order valence-corrected chi connectivity index (χ3v) is 3.44. The van der Waals surface area contributed by atoms with Crippen LogP contribution in [-0.4, -0.2) is 28.0 Å². The summed E-state index contributed by atoms with van der Waals surface area (Å²) in [7, 11) is 0. The first-order chi connectivity index (χ1) is 9.58. The topological polar surface area (TPSA) is 44.1 Å². The summed E-state index contributed by atoms with van der Waals surface area (Å²) < 4.78 is 7.04. The first-order valence-electron chi connectivity index (χ1n) is 6.78. The van der Waals surface area contributed by atoms with E-state index in [1.807, 2.05) is 36.6 Å². The second-order valence-corrected chi connectivity index (χ2v) is 5.14. The summed E-state index contributed by atoms with van der Waals surface area (Å²) in [5.74, 6) is 1.04. The zero-order valence-electron chi connectivity index (χ0n) is 12.0. The molecule has 0 radical (unpaired) electrons. The number of hydrogen-bond donors (Lipinski definition) is 0. The summed E-state index contributed by atoms with van der Waals surface area (Å²) >= 11 is 5.84. The van der Waals surface area contributed by atoms with Gasteiger partial charge < -0.3 is 9.30 Å². The molecular formula is C15H19ClN2O2. The molecule has 108 valence electrons. The lowest BCUT2D eigenvalue weighted by atomic mass is 10.2. The first-order valence-corrected chi connectivity index (χ1v) is 7.32. The highest BCUT2D eigenvalue weighted by molar-refractivity contribution is 6.17. The maximum Gasteiger partial charge on any atom is 0.328 e. The number of fused-ring (bicyclic) bond motifs is 1. The van der Waals surface area contributed by atoms with Gasteiger partial charge in [-0.15, -0.1) is 11.6 Å². The first kappa shape index (κ1) is 14.9. The van der Waals surface area contributed by atoms with Crippen molar-refractivity contribution in [2.75, 3.05) is 12.5 Å². The lowest BCUT2D eigenvalue weighted by Crippen LogP contribution is -2.21. The second-order valence-electron chi connectivity index (χ2n) is 4.76. The van der Waals surface area contributed by atoms with Gasteiger partial charge in [-0.1, -0.05) is 6.07 Å². The van der Waals surface area contributed by atoms with Crippen LogP contribution in [0.25, 0.3) is 11.0 Å². The highest BCUT2D eigenvalue weighted by atomic mass is 35.5. The number of hydrogen-bond acceptors (Lipinski definition) is 3. The number of nitrogens with zero attached hydrogens (tertiary/aromatic N) is 2. The van der Waals surface area contributed by atoms with Crippen LogP contribution in [0.4, 0.5) is 0 Å². The van der Waals surface area contributed by atoms with Crippen LogP contribution < -0.4 is 0 Å². The summed E-state index contributed by atoms with van der Waals surface area (Å²) in [6.45, 7) is 6.03. The number of esters is 1. The van der Waals surface area contributed by atoms with Gasteiger partial charge in [0.25, 0.3) is 0 Å². The zero-order chi connectivity index (χ0) is 14.7. The van der Waals surface area contributed by atoms with E-state index in [1.54, 1.807) is 6.92 Å². The molecule has 0 amide bonds. The molecule has 0 aliphatic heterocycles. The molecule has 0 saturated heterocycles. The van der Waals surface area contributed by atoms with Crippen molar-refractivity contribution < 1.29 is 9.53 Å². The molecule has 2 rings (SSSR count). The number of aryl methyl sites for hydroxylation is 2. The van der Waals surface area contributed by atoms with Crippen LogP contribution >= 0.6 is 11.6 Å². The number of carbonyl (C=O) groups excluding carboxylic acids is 1. The molecular weight excluding hydrogens is 276 g/mol. The number of benzene rings is 1. The van der Waals surface area contributed by atoms with Crippen molar-refractivity contribution in [1.82, 2.24) is 9.55 Å². The highest BCUT2D eigenvalue weighted by Gasteiger charge is 2.22. The normalized spacial score (nSPS) is 12.6. The van der Waals surface area contributed by atoms with E-state index < -0.39 is 6.04 Å². The average molecular weight is 295 g/mol. The fraction of sp³-hybridized carbons (Fsp3) is 0.467. The summed E-state index contributed by atoms with van der Waals surface area (Å²) in [5, 5.41) is 0. The predicted molar refractivity (Wildman–Crippen MR) is 80.2 cm³/mol. The van der Waals surface area contributed by atoms with Gasteiger partial charge in [-0.25, -0.2) is 9.78 Å². The van der Waals surface area contributed by atoms with E-state index in [2.05, 4.69) is 4.98 Å². The molecule has 1 aromatic carbocycles. The molecule has 0 spiro atoms. The van der Waals surface area contributed by atoms with Crippen molar-refractivity contribution in [3.05, 3.63) is 29.6 Å². The minimum atomic E-state index is -0.402. The molecule has 0 bridgehead atoms. The van der Waals surface area contributed by atoms with Gasteiger partial charge in [-0.05, 0) is 38.5 Å². The number of rotatable bonds is 5. The summed E-state index contributed by atoms with van der Waals surface area (Å²) in [6, 6.07) is 5.62.